The summed E-state index contributed by atoms with van der Waals surface area (Å²) in [5, 5.41) is 0. The van der Waals surface area contributed by atoms with Gasteiger partial charge in [0.2, 0.25) is 0 Å². The van der Waals surface area contributed by atoms with Gasteiger partial charge in [-0.1, -0.05) is 0 Å². The van der Waals surface area contributed by atoms with Gasteiger partial charge >= 0.3 is 0 Å². The molecular formula is C18H22N4O3. The van der Waals surface area contributed by atoms with E-state index in [2.05, 4.69) is 15.0 Å². The van der Waals surface area contributed by atoms with Crippen LogP contribution in [-0.4, -0.2) is 58.7 Å². The molecule has 0 spiro atoms. The lowest BCUT2D eigenvalue weighted by atomic mass is 10.0. The Balaban J connectivity index is 1.56. The summed E-state index contributed by atoms with van der Waals surface area (Å²) in [6, 6.07) is 5.54. The summed E-state index contributed by atoms with van der Waals surface area (Å²) in [4.78, 5) is 26.7. The molecule has 1 fully saturated rings. The molecule has 132 valence electrons. The molecule has 1 atom stereocenters. The molecule has 1 aliphatic rings. The summed E-state index contributed by atoms with van der Waals surface area (Å²) in [5.41, 5.74) is 1.92. The number of carbonyl (C=O) groups excluding carboxylic acids is 1. The average Bonchev–Trinajstić information content (AvgIpc) is 2.86. The van der Waals surface area contributed by atoms with Crippen molar-refractivity contribution in [2.24, 2.45) is 5.92 Å². The highest BCUT2D eigenvalue weighted by molar-refractivity contribution is 5.77. The highest BCUT2D eigenvalue weighted by atomic mass is 16.5. The summed E-state index contributed by atoms with van der Waals surface area (Å²) in [6.07, 6.45) is 5.60. The van der Waals surface area contributed by atoms with Gasteiger partial charge in [-0.2, -0.15) is 0 Å². The molecule has 2 aromatic heterocycles. The van der Waals surface area contributed by atoms with Crippen LogP contribution in [0.3, 0.4) is 0 Å². The van der Waals surface area contributed by atoms with Crippen molar-refractivity contribution >= 4 is 5.91 Å². The molecule has 1 saturated heterocycles. The minimum absolute atomic E-state index is 0.00499. The molecular weight excluding hydrogens is 320 g/mol. The number of aryl methyl sites for hydroxylation is 1. The Bertz CT molecular complexity index is 696. The monoisotopic (exact) mass is 342 g/mol. The number of amides is 1. The Labute approximate surface area is 147 Å². The van der Waals surface area contributed by atoms with Gasteiger partial charge in [0.05, 0.1) is 19.4 Å². The molecule has 3 rings (SSSR count). The van der Waals surface area contributed by atoms with Gasteiger partial charge in [0.1, 0.15) is 12.1 Å². The molecule has 25 heavy (non-hydrogen) atoms. The summed E-state index contributed by atoms with van der Waals surface area (Å²) in [7, 11) is 0. The largest absolute Gasteiger partial charge is 0.482 e. The SMILES string of the molecule is Cc1cc(C[C@@H]2COCCN(C(=O)COc3cccnc3)C2)ncn1. The molecule has 0 bridgehead atoms. The van der Waals surface area contributed by atoms with Crippen molar-refractivity contribution in [1.82, 2.24) is 19.9 Å². The first-order valence-corrected chi connectivity index (χ1v) is 8.36. The predicted octanol–water partition coefficient (Wildman–Crippen LogP) is 1.28. The van der Waals surface area contributed by atoms with Gasteiger partial charge in [-0.15, -0.1) is 0 Å². The van der Waals surface area contributed by atoms with Crippen LogP contribution >= 0.6 is 0 Å². The Kier molecular flexibility index (Phi) is 5.90. The van der Waals surface area contributed by atoms with E-state index in [9.17, 15) is 4.79 Å². The van der Waals surface area contributed by atoms with E-state index < -0.39 is 0 Å². The number of hydrogen-bond donors (Lipinski definition) is 0. The van der Waals surface area contributed by atoms with Crippen molar-refractivity contribution in [3.05, 3.63) is 48.3 Å². The van der Waals surface area contributed by atoms with Crippen LogP contribution in [0.2, 0.25) is 0 Å². The second-order valence-corrected chi connectivity index (χ2v) is 6.11. The highest BCUT2D eigenvalue weighted by Crippen LogP contribution is 2.14. The van der Waals surface area contributed by atoms with Gasteiger partial charge < -0.3 is 14.4 Å². The zero-order valence-electron chi connectivity index (χ0n) is 14.3. The smallest absolute Gasteiger partial charge is 0.260 e. The van der Waals surface area contributed by atoms with Crippen LogP contribution in [0, 0.1) is 12.8 Å². The number of carbonyl (C=O) groups is 1. The van der Waals surface area contributed by atoms with Gasteiger partial charge in [0.25, 0.3) is 5.91 Å². The van der Waals surface area contributed by atoms with Crippen molar-refractivity contribution in [2.75, 3.05) is 32.9 Å². The molecule has 1 aliphatic heterocycles. The molecule has 7 nitrogen and oxygen atoms in total. The van der Waals surface area contributed by atoms with Crippen LogP contribution in [-0.2, 0) is 16.0 Å². The second kappa shape index (κ2) is 8.53. The Morgan fingerprint density at radius 3 is 3.16 bits per heavy atom. The summed E-state index contributed by atoms with van der Waals surface area (Å²) >= 11 is 0. The van der Waals surface area contributed by atoms with Gasteiger partial charge in [-0.3, -0.25) is 9.78 Å². The van der Waals surface area contributed by atoms with Gasteiger partial charge in [-0.25, -0.2) is 9.97 Å². The van der Waals surface area contributed by atoms with Crippen molar-refractivity contribution in [3.63, 3.8) is 0 Å². The highest BCUT2D eigenvalue weighted by Gasteiger charge is 2.23. The minimum atomic E-state index is -0.0433. The summed E-state index contributed by atoms with van der Waals surface area (Å²) < 4.78 is 11.2. The molecule has 1 amide bonds. The standard InChI is InChI=1S/C18H22N4O3/c1-14-7-16(21-13-20-14)8-15-10-22(5-6-24-11-15)18(23)12-25-17-3-2-4-19-9-17/h2-4,7,9,13,15H,5-6,8,10-12H2,1H3/t15-/m0/s1. The summed E-state index contributed by atoms with van der Waals surface area (Å²) in [6.45, 7) is 4.33. The first-order valence-electron chi connectivity index (χ1n) is 8.36. The van der Waals surface area contributed by atoms with Crippen LogP contribution in [0.5, 0.6) is 5.75 Å². The lowest BCUT2D eigenvalue weighted by molar-refractivity contribution is -0.133. The van der Waals surface area contributed by atoms with Crippen LogP contribution in [0.25, 0.3) is 0 Å². The first-order chi connectivity index (χ1) is 12.2. The van der Waals surface area contributed by atoms with E-state index >= 15 is 0 Å². The molecule has 0 aliphatic carbocycles. The van der Waals surface area contributed by atoms with E-state index in [1.807, 2.05) is 17.9 Å². The van der Waals surface area contributed by atoms with E-state index in [1.165, 1.54) is 0 Å². The quantitative estimate of drug-likeness (QED) is 0.814. The number of hydrogen-bond acceptors (Lipinski definition) is 6. The van der Waals surface area contributed by atoms with Crippen LogP contribution in [0.4, 0.5) is 0 Å². The third-order valence-corrected chi connectivity index (χ3v) is 4.05. The van der Waals surface area contributed by atoms with E-state index in [0.717, 1.165) is 17.8 Å². The van der Waals surface area contributed by atoms with Crippen LogP contribution in [0.15, 0.2) is 36.9 Å². The predicted molar refractivity (Wildman–Crippen MR) is 91.1 cm³/mol. The van der Waals surface area contributed by atoms with E-state index in [4.69, 9.17) is 9.47 Å². The first kappa shape index (κ1) is 17.3. The van der Waals surface area contributed by atoms with Crippen LogP contribution < -0.4 is 4.74 Å². The normalized spacial score (nSPS) is 17.8. The number of pyridine rings is 1. The number of nitrogens with zero attached hydrogens (tertiary/aromatic N) is 4. The lowest BCUT2D eigenvalue weighted by Gasteiger charge is -2.23. The molecule has 0 radical (unpaired) electrons. The fourth-order valence-corrected chi connectivity index (χ4v) is 2.82. The average molecular weight is 342 g/mol. The van der Waals surface area contributed by atoms with Crippen molar-refractivity contribution in [3.8, 4) is 5.75 Å². The summed E-state index contributed by atoms with van der Waals surface area (Å²) in [5.74, 6) is 0.757. The number of ether oxygens (including phenoxy) is 2. The Morgan fingerprint density at radius 1 is 1.44 bits per heavy atom. The van der Waals surface area contributed by atoms with Gasteiger partial charge in [-0.05, 0) is 31.5 Å². The fraction of sp³-hybridized carbons (Fsp3) is 0.444. The maximum Gasteiger partial charge on any atom is 0.260 e. The molecule has 0 N–H and O–H groups in total. The third-order valence-electron chi connectivity index (χ3n) is 4.05. The minimum Gasteiger partial charge on any atom is -0.482 e. The van der Waals surface area contributed by atoms with E-state index in [0.29, 0.717) is 32.1 Å². The maximum absolute atomic E-state index is 12.5. The van der Waals surface area contributed by atoms with Crippen molar-refractivity contribution in [2.45, 2.75) is 13.3 Å². The molecule has 3 heterocycles. The van der Waals surface area contributed by atoms with E-state index in [-0.39, 0.29) is 18.4 Å². The molecule has 0 saturated carbocycles. The zero-order chi connectivity index (χ0) is 17.5. The van der Waals surface area contributed by atoms with Crippen molar-refractivity contribution < 1.29 is 14.3 Å². The Hall–Kier alpha value is -2.54. The molecule has 0 aromatic carbocycles. The van der Waals surface area contributed by atoms with Crippen molar-refractivity contribution in [1.29, 1.82) is 0 Å². The lowest BCUT2D eigenvalue weighted by Crippen LogP contribution is -2.39. The van der Waals surface area contributed by atoms with E-state index in [1.54, 1.807) is 30.9 Å². The third kappa shape index (κ3) is 5.22. The molecule has 2 aromatic rings. The second-order valence-electron chi connectivity index (χ2n) is 6.11. The van der Waals surface area contributed by atoms with Gasteiger partial charge in [0, 0.05) is 36.6 Å². The Morgan fingerprint density at radius 2 is 2.36 bits per heavy atom. The molecule has 7 heteroatoms. The number of rotatable bonds is 5. The van der Waals surface area contributed by atoms with Gasteiger partial charge in [0.15, 0.2) is 6.61 Å². The van der Waals surface area contributed by atoms with Crippen LogP contribution in [0.1, 0.15) is 11.4 Å². The zero-order valence-corrected chi connectivity index (χ0v) is 14.3. The molecule has 0 unspecified atom stereocenters. The topological polar surface area (TPSA) is 77.4 Å². The number of aromatic nitrogens is 3. The maximum atomic E-state index is 12.5. The fourth-order valence-electron chi connectivity index (χ4n) is 2.82.